The Kier molecular flexibility index (Phi) is 8.20. The number of nitrogens with zero attached hydrogens (tertiary/aromatic N) is 2. The molecule has 0 bridgehead atoms. The number of oxazole rings is 1. The number of fused-ring (bicyclic) bond motifs is 1. The largest absolute Gasteiger partial charge is 0.492 e. The van der Waals surface area contributed by atoms with Gasteiger partial charge in [-0.3, -0.25) is 4.79 Å². The molecule has 0 unspecified atom stereocenters. The van der Waals surface area contributed by atoms with Crippen molar-refractivity contribution in [2.45, 2.75) is 19.4 Å². The number of carboxylic acid groups (broad SMARTS) is 1. The molecule has 4 rings (SSSR count). The van der Waals surface area contributed by atoms with E-state index in [9.17, 15) is 14.7 Å². The van der Waals surface area contributed by atoms with E-state index < -0.39 is 12.0 Å². The molecule has 0 fully saturated rings. The molecule has 0 amide bonds. The van der Waals surface area contributed by atoms with Crippen LogP contribution in [0, 0.1) is 0 Å². The van der Waals surface area contributed by atoms with Crippen LogP contribution in [0.1, 0.15) is 22.8 Å². The van der Waals surface area contributed by atoms with Gasteiger partial charge in [0.05, 0.1) is 6.54 Å². The minimum absolute atomic E-state index is 0.182. The molecule has 8 nitrogen and oxygen atoms in total. The predicted octanol–water partition coefficient (Wildman–Crippen LogP) is 4.72. The highest BCUT2D eigenvalue weighted by Gasteiger charge is 2.18. The topological polar surface area (TPSA) is 105 Å². The first-order valence-corrected chi connectivity index (χ1v) is 11.9. The molecule has 0 aliphatic carbocycles. The molecule has 8 heteroatoms. The van der Waals surface area contributed by atoms with Gasteiger partial charge < -0.3 is 24.5 Å². The molecular weight excluding hydrogens is 470 g/mol. The Morgan fingerprint density at radius 1 is 1.05 bits per heavy atom. The number of hydrogen-bond donors (Lipinski definition) is 2. The number of nitrogens with one attached hydrogen (secondary N) is 1. The zero-order valence-electron chi connectivity index (χ0n) is 20.8. The third-order valence-corrected chi connectivity index (χ3v) is 5.77. The first-order chi connectivity index (χ1) is 17.9. The van der Waals surface area contributed by atoms with Crippen LogP contribution < -0.4 is 15.0 Å². The smallest absolute Gasteiger partial charge is 0.326 e. The number of carboxylic acids is 1. The lowest BCUT2D eigenvalue weighted by atomic mass is 10.1. The third kappa shape index (κ3) is 6.98. The van der Waals surface area contributed by atoms with Gasteiger partial charge in [0.2, 0.25) is 0 Å². The summed E-state index contributed by atoms with van der Waals surface area (Å²) >= 11 is 0. The molecule has 0 saturated heterocycles. The summed E-state index contributed by atoms with van der Waals surface area (Å²) in [6.07, 6.45) is 1.67. The van der Waals surface area contributed by atoms with Crippen LogP contribution in [-0.2, 0) is 11.2 Å². The van der Waals surface area contributed by atoms with Crippen LogP contribution in [-0.4, -0.2) is 48.1 Å². The predicted molar refractivity (Wildman–Crippen MR) is 142 cm³/mol. The van der Waals surface area contributed by atoms with Gasteiger partial charge in [-0.25, -0.2) is 4.79 Å². The van der Waals surface area contributed by atoms with Crippen LogP contribution in [0.2, 0.25) is 0 Å². The first kappa shape index (κ1) is 25.5. The Bertz CT molecular complexity index is 1350. The minimum atomic E-state index is -0.998. The van der Waals surface area contributed by atoms with Gasteiger partial charge in [-0.15, -0.1) is 0 Å². The van der Waals surface area contributed by atoms with E-state index in [-0.39, 0.29) is 12.2 Å². The molecule has 4 aromatic rings. The Morgan fingerprint density at radius 2 is 1.76 bits per heavy atom. The van der Waals surface area contributed by atoms with Gasteiger partial charge in [0.15, 0.2) is 11.4 Å². The second-order valence-electron chi connectivity index (χ2n) is 8.68. The molecule has 0 radical (unpaired) electrons. The highest BCUT2D eigenvalue weighted by atomic mass is 16.5. The summed E-state index contributed by atoms with van der Waals surface area (Å²) in [6, 6.07) is 23.4. The van der Waals surface area contributed by atoms with Crippen molar-refractivity contribution in [1.29, 1.82) is 0 Å². The van der Waals surface area contributed by atoms with E-state index in [1.807, 2.05) is 66.5 Å². The van der Waals surface area contributed by atoms with Gasteiger partial charge >= 0.3 is 5.97 Å². The Labute approximate surface area is 215 Å². The molecule has 3 aromatic carbocycles. The van der Waals surface area contributed by atoms with Gasteiger partial charge in [0.1, 0.15) is 23.9 Å². The molecule has 37 heavy (non-hydrogen) atoms. The number of benzene rings is 3. The normalized spacial score (nSPS) is 12.2. The summed E-state index contributed by atoms with van der Waals surface area (Å²) in [6.45, 7) is 2.69. The number of aliphatic carboxylic acids is 1. The lowest BCUT2D eigenvalue weighted by Gasteiger charge is -2.17. The number of ether oxygens (including phenoxy) is 1. The third-order valence-electron chi connectivity index (χ3n) is 5.77. The van der Waals surface area contributed by atoms with E-state index >= 15 is 0 Å². The van der Waals surface area contributed by atoms with Gasteiger partial charge in [-0.2, -0.15) is 4.98 Å². The van der Waals surface area contributed by atoms with Crippen LogP contribution in [0.5, 0.6) is 5.75 Å². The fraction of sp³-hybridized carbons (Fsp3) is 0.207. The van der Waals surface area contributed by atoms with Gasteiger partial charge in [0, 0.05) is 30.8 Å². The number of carbonyl (C=O) groups excluding carboxylic acids is 1. The van der Waals surface area contributed by atoms with E-state index in [2.05, 4.69) is 10.3 Å². The molecule has 1 heterocycles. The van der Waals surface area contributed by atoms with Gasteiger partial charge in [-0.1, -0.05) is 54.6 Å². The number of likely N-dealkylation sites (N-methyl/N-ethyl adjacent to an activating group) is 1. The monoisotopic (exact) mass is 499 g/mol. The van der Waals surface area contributed by atoms with Gasteiger partial charge in [-0.05, 0) is 36.8 Å². The van der Waals surface area contributed by atoms with Crippen LogP contribution in [0.3, 0.4) is 0 Å². The van der Waals surface area contributed by atoms with Crippen molar-refractivity contribution in [1.82, 2.24) is 10.3 Å². The van der Waals surface area contributed by atoms with Crippen molar-refractivity contribution in [3.8, 4) is 5.75 Å². The Hall–Kier alpha value is -4.59. The number of ketones is 1. The molecule has 0 aliphatic rings. The zero-order chi connectivity index (χ0) is 26.2. The molecule has 0 spiro atoms. The number of anilines is 1. The molecule has 190 valence electrons. The van der Waals surface area contributed by atoms with Crippen LogP contribution in [0.15, 0.2) is 95.1 Å². The molecule has 2 N–H and O–H groups in total. The molecule has 0 aliphatic heterocycles. The van der Waals surface area contributed by atoms with E-state index in [0.29, 0.717) is 36.2 Å². The molecule has 0 saturated carbocycles. The Morgan fingerprint density at radius 3 is 2.46 bits per heavy atom. The second-order valence-corrected chi connectivity index (χ2v) is 8.68. The first-order valence-electron chi connectivity index (χ1n) is 11.9. The highest BCUT2D eigenvalue weighted by molar-refractivity contribution is 6.04. The zero-order valence-corrected chi connectivity index (χ0v) is 20.8. The SMILES string of the molecule is CC(=CC(=O)c1ccccc1)N[C@@H](Cc1ccc(OCCN(C)c2nc3ccccc3o2)cc1)C(=O)O. The second kappa shape index (κ2) is 11.9. The number of para-hydroxylation sites is 2. The Balaban J connectivity index is 1.28. The summed E-state index contributed by atoms with van der Waals surface area (Å²) in [5.41, 5.74) is 3.42. The standard InChI is InChI=1S/C29H29N3O5/c1-20(18-26(33)22-8-4-3-5-9-22)30-25(28(34)35)19-21-12-14-23(15-13-21)36-17-16-32(2)29-31-24-10-6-7-11-27(24)37-29/h3-15,18,25,30H,16-17,19H2,1-2H3,(H,34,35)/t25-/m0/s1. The summed E-state index contributed by atoms with van der Waals surface area (Å²) in [7, 11) is 1.89. The van der Waals surface area contributed by atoms with Crippen LogP contribution >= 0.6 is 0 Å². The number of allylic oxidation sites excluding steroid dienone is 2. The van der Waals surface area contributed by atoms with Crippen molar-refractivity contribution >= 4 is 28.9 Å². The minimum Gasteiger partial charge on any atom is -0.492 e. The number of rotatable bonds is 12. The van der Waals surface area contributed by atoms with E-state index in [4.69, 9.17) is 9.15 Å². The van der Waals surface area contributed by atoms with Crippen molar-refractivity contribution in [2.75, 3.05) is 25.1 Å². The average Bonchev–Trinajstić information content (AvgIpc) is 3.34. The molecule has 1 aromatic heterocycles. The summed E-state index contributed by atoms with van der Waals surface area (Å²) < 4.78 is 11.6. The van der Waals surface area contributed by atoms with E-state index in [0.717, 1.165) is 16.7 Å². The maximum Gasteiger partial charge on any atom is 0.326 e. The maximum absolute atomic E-state index is 12.4. The fourth-order valence-corrected chi connectivity index (χ4v) is 3.78. The van der Waals surface area contributed by atoms with Crippen molar-refractivity contribution in [3.63, 3.8) is 0 Å². The van der Waals surface area contributed by atoms with Crippen molar-refractivity contribution in [2.24, 2.45) is 0 Å². The molecular formula is C29H29N3O5. The van der Waals surface area contributed by atoms with Crippen molar-refractivity contribution < 1.29 is 23.8 Å². The quantitative estimate of drug-likeness (QED) is 0.213. The number of hydrogen-bond acceptors (Lipinski definition) is 7. The van der Waals surface area contributed by atoms with Crippen LogP contribution in [0.25, 0.3) is 11.1 Å². The average molecular weight is 500 g/mol. The van der Waals surface area contributed by atoms with Crippen LogP contribution in [0.4, 0.5) is 6.01 Å². The number of aromatic nitrogens is 1. The highest BCUT2D eigenvalue weighted by Crippen LogP contribution is 2.21. The van der Waals surface area contributed by atoms with Crippen molar-refractivity contribution in [3.05, 3.63) is 102 Å². The summed E-state index contributed by atoms with van der Waals surface area (Å²) in [5, 5.41) is 12.6. The number of carbonyl (C=O) groups is 2. The van der Waals surface area contributed by atoms with E-state index in [1.165, 1.54) is 6.08 Å². The molecule has 1 atom stereocenters. The fourth-order valence-electron chi connectivity index (χ4n) is 3.78. The summed E-state index contributed by atoms with van der Waals surface area (Å²) in [4.78, 5) is 30.5. The lowest BCUT2D eigenvalue weighted by molar-refractivity contribution is -0.139. The lowest BCUT2D eigenvalue weighted by Crippen LogP contribution is -2.37. The van der Waals surface area contributed by atoms with Gasteiger partial charge in [0.25, 0.3) is 6.01 Å². The maximum atomic E-state index is 12.4. The summed E-state index contributed by atoms with van der Waals surface area (Å²) in [5.74, 6) is -0.500. The van der Waals surface area contributed by atoms with E-state index in [1.54, 1.807) is 31.2 Å².